The Balaban J connectivity index is 1.61. The van der Waals surface area contributed by atoms with E-state index in [1.165, 1.54) is 17.6 Å². The molecule has 8 nitrogen and oxygen atoms in total. The predicted molar refractivity (Wildman–Crippen MR) is 101 cm³/mol. The first kappa shape index (κ1) is 20.0. The number of rotatable bonds is 7. The summed E-state index contributed by atoms with van der Waals surface area (Å²) in [4.78, 5) is 29.6. The standard InChI is InChI=1S/C20H25N3O5/c1-12(2)13-4-6-14(7-5-13)19-21-17(28-22-19)8-9-18(24)23-11-15(27-3)10-16(23)20(25)26/h4-7,12,15-16H,8-11H2,1-3H3,(H,25,26). The maximum absolute atomic E-state index is 12.5. The molecule has 2 unspecified atom stereocenters. The zero-order chi connectivity index (χ0) is 20.3. The van der Waals surface area contributed by atoms with Gasteiger partial charge in [0, 0.05) is 38.5 Å². The van der Waals surface area contributed by atoms with E-state index in [4.69, 9.17) is 9.26 Å². The molecule has 1 fully saturated rings. The average molecular weight is 387 g/mol. The van der Waals surface area contributed by atoms with Crippen LogP contribution in [-0.4, -0.2) is 57.8 Å². The molecule has 0 spiro atoms. The number of nitrogens with zero attached hydrogens (tertiary/aromatic N) is 3. The van der Waals surface area contributed by atoms with Gasteiger partial charge in [0.2, 0.25) is 17.6 Å². The van der Waals surface area contributed by atoms with Gasteiger partial charge in [0.1, 0.15) is 6.04 Å². The molecule has 0 saturated carbocycles. The number of methoxy groups -OCH3 is 1. The van der Waals surface area contributed by atoms with Crippen molar-refractivity contribution in [3.63, 3.8) is 0 Å². The van der Waals surface area contributed by atoms with Crippen molar-refractivity contribution in [2.75, 3.05) is 13.7 Å². The Morgan fingerprint density at radius 1 is 1.32 bits per heavy atom. The lowest BCUT2D eigenvalue weighted by molar-refractivity contribution is -0.148. The van der Waals surface area contributed by atoms with E-state index >= 15 is 0 Å². The highest BCUT2D eigenvalue weighted by atomic mass is 16.5. The molecule has 2 heterocycles. The van der Waals surface area contributed by atoms with Crippen molar-refractivity contribution in [1.29, 1.82) is 0 Å². The van der Waals surface area contributed by atoms with E-state index in [-0.39, 0.29) is 31.4 Å². The zero-order valence-corrected chi connectivity index (χ0v) is 16.3. The summed E-state index contributed by atoms with van der Waals surface area (Å²) in [5.74, 6) is -0.00272. The van der Waals surface area contributed by atoms with Gasteiger partial charge >= 0.3 is 5.97 Å². The minimum Gasteiger partial charge on any atom is -0.480 e. The van der Waals surface area contributed by atoms with Gasteiger partial charge in [-0.25, -0.2) is 4.79 Å². The van der Waals surface area contributed by atoms with Gasteiger partial charge in [-0.2, -0.15) is 4.98 Å². The fourth-order valence-corrected chi connectivity index (χ4v) is 3.33. The molecule has 1 amide bonds. The summed E-state index contributed by atoms with van der Waals surface area (Å²) in [6.07, 6.45) is 0.410. The monoisotopic (exact) mass is 387 g/mol. The number of carbonyl (C=O) groups excluding carboxylic acids is 1. The number of hydrogen-bond acceptors (Lipinski definition) is 6. The molecule has 0 aliphatic carbocycles. The van der Waals surface area contributed by atoms with Crippen molar-refractivity contribution >= 4 is 11.9 Å². The second kappa shape index (κ2) is 8.52. The number of aryl methyl sites for hydroxylation is 1. The van der Waals surface area contributed by atoms with Crippen molar-refractivity contribution < 1.29 is 24.0 Å². The Hall–Kier alpha value is -2.74. The Kier molecular flexibility index (Phi) is 6.08. The molecule has 2 aromatic rings. The molecule has 1 aromatic heterocycles. The third-order valence-corrected chi connectivity index (χ3v) is 5.06. The molecule has 1 aliphatic rings. The van der Waals surface area contributed by atoms with Crippen LogP contribution in [0.1, 0.15) is 44.1 Å². The summed E-state index contributed by atoms with van der Waals surface area (Å²) in [6.45, 7) is 4.54. The van der Waals surface area contributed by atoms with Crippen LogP contribution in [-0.2, 0) is 20.7 Å². The van der Waals surface area contributed by atoms with Gasteiger partial charge in [0.25, 0.3) is 0 Å². The summed E-state index contributed by atoms with van der Waals surface area (Å²) < 4.78 is 10.5. The highest BCUT2D eigenvalue weighted by molar-refractivity contribution is 5.84. The van der Waals surface area contributed by atoms with Gasteiger partial charge in [0.05, 0.1) is 6.10 Å². The van der Waals surface area contributed by atoms with E-state index in [9.17, 15) is 14.7 Å². The quantitative estimate of drug-likeness (QED) is 0.778. The number of carboxylic acid groups (broad SMARTS) is 1. The molecule has 0 bridgehead atoms. The molecule has 1 N–H and O–H groups in total. The summed E-state index contributed by atoms with van der Waals surface area (Å²) in [7, 11) is 1.52. The number of aromatic nitrogens is 2. The molecule has 1 aliphatic heterocycles. The summed E-state index contributed by atoms with van der Waals surface area (Å²) in [6, 6.07) is 7.11. The Labute approximate surface area is 163 Å². The highest BCUT2D eigenvalue weighted by Gasteiger charge is 2.39. The van der Waals surface area contributed by atoms with Crippen LogP contribution in [0.5, 0.6) is 0 Å². The van der Waals surface area contributed by atoms with Crippen molar-refractivity contribution in [1.82, 2.24) is 15.0 Å². The van der Waals surface area contributed by atoms with Crippen LogP contribution in [0.25, 0.3) is 11.4 Å². The first-order valence-corrected chi connectivity index (χ1v) is 9.37. The fraction of sp³-hybridized carbons (Fsp3) is 0.500. The van der Waals surface area contributed by atoms with Crippen LogP contribution in [0, 0.1) is 0 Å². The molecule has 1 saturated heterocycles. The van der Waals surface area contributed by atoms with Gasteiger partial charge in [-0.15, -0.1) is 0 Å². The predicted octanol–water partition coefficient (Wildman–Crippen LogP) is 2.49. The third-order valence-electron chi connectivity index (χ3n) is 5.06. The molecule has 2 atom stereocenters. The number of amides is 1. The summed E-state index contributed by atoms with van der Waals surface area (Å²) in [5.41, 5.74) is 2.07. The number of benzene rings is 1. The molecule has 3 rings (SSSR count). The molecule has 0 radical (unpaired) electrons. The summed E-state index contributed by atoms with van der Waals surface area (Å²) >= 11 is 0. The number of carbonyl (C=O) groups is 2. The third kappa shape index (κ3) is 4.39. The topological polar surface area (TPSA) is 106 Å². The number of hydrogen-bond donors (Lipinski definition) is 1. The van der Waals surface area contributed by atoms with E-state index in [2.05, 4.69) is 24.0 Å². The van der Waals surface area contributed by atoms with E-state index in [1.807, 2.05) is 24.3 Å². The van der Waals surface area contributed by atoms with E-state index in [0.29, 0.717) is 24.1 Å². The fourth-order valence-electron chi connectivity index (χ4n) is 3.33. The molecule has 150 valence electrons. The van der Waals surface area contributed by atoms with Gasteiger partial charge in [0.15, 0.2) is 0 Å². The van der Waals surface area contributed by atoms with Crippen molar-refractivity contribution in [2.45, 2.75) is 51.2 Å². The van der Waals surface area contributed by atoms with Gasteiger partial charge in [-0.3, -0.25) is 4.79 Å². The maximum Gasteiger partial charge on any atom is 0.326 e. The number of carboxylic acids is 1. The second-order valence-electron chi connectivity index (χ2n) is 7.28. The number of likely N-dealkylation sites (tertiary alicyclic amines) is 1. The van der Waals surface area contributed by atoms with Gasteiger partial charge in [-0.1, -0.05) is 43.3 Å². The zero-order valence-electron chi connectivity index (χ0n) is 16.3. The van der Waals surface area contributed by atoms with Gasteiger partial charge in [-0.05, 0) is 11.5 Å². The lowest BCUT2D eigenvalue weighted by Crippen LogP contribution is -2.40. The molecule has 8 heteroatoms. The SMILES string of the molecule is COC1CC(C(=O)O)N(C(=O)CCc2nc(-c3ccc(C(C)C)cc3)no2)C1. The van der Waals surface area contributed by atoms with Gasteiger partial charge < -0.3 is 19.3 Å². The second-order valence-corrected chi connectivity index (χ2v) is 7.28. The van der Waals surface area contributed by atoms with Crippen LogP contribution in [0.4, 0.5) is 0 Å². The highest BCUT2D eigenvalue weighted by Crippen LogP contribution is 2.23. The smallest absolute Gasteiger partial charge is 0.326 e. The van der Waals surface area contributed by atoms with Crippen LogP contribution in [0.2, 0.25) is 0 Å². The first-order chi connectivity index (χ1) is 13.4. The Morgan fingerprint density at radius 2 is 2.04 bits per heavy atom. The molecule has 28 heavy (non-hydrogen) atoms. The van der Waals surface area contributed by atoms with E-state index in [0.717, 1.165) is 5.56 Å². The van der Waals surface area contributed by atoms with E-state index in [1.54, 1.807) is 0 Å². The van der Waals surface area contributed by atoms with E-state index < -0.39 is 12.0 Å². The van der Waals surface area contributed by atoms with Crippen molar-refractivity contribution in [3.8, 4) is 11.4 Å². The minimum atomic E-state index is -1.02. The lowest BCUT2D eigenvalue weighted by Gasteiger charge is -2.20. The number of ether oxygens (including phenoxy) is 1. The normalized spacial score (nSPS) is 19.4. The largest absolute Gasteiger partial charge is 0.480 e. The van der Waals surface area contributed by atoms with Crippen LogP contribution >= 0.6 is 0 Å². The molecular weight excluding hydrogens is 362 g/mol. The van der Waals surface area contributed by atoms with Crippen LogP contribution in [0.3, 0.4) is 0 Å². The Morgan fingerprint density at radius 3 is 2.64 bits per heavy atom. The minimum absolute atomic E-state index is 0.105. The lowest BCUT2D eigenvalue weighted by atomic mass is 10.0. The first-order valence-electron chi connectivity index (χ1n) is 9.37. The van der Waals surface area contributed by atoms with Crippen molar-refractivity contribution in [3.05, 3.63) is 35.7 Å². The van der Waals surface area contributed by atoms with Crippen LogP contribution < -0.4 is 0 Å². The summed E-state index contributed by atoms with van der Waals surface area (Å²) in [5, 5.41) is 13.3. The molecule has 1 aromatic carbocycles. The molecular formula is C20H25N3O5. The van der Waals surface area contributed by atoms with Crippen LogP contribution in [0.15, 0.2) is 28.8 Å². The van der Waals surface area contributed by atoms with Crippen molar-refractivity contribution in [2.24, 2.45) is 0 Å². The Bertz CT molecular complexity index is 831. The average Bonchev–Trinajstić information content (AvgIpc) is 3.33. The maximum atomic E-state index is 12.5. The number of aliphatic carboxylic acids is 1.